The number of nitrogens with zero attached hydrogens (tertiary/aromatic N) is 5. The van der Waals surface area contributed by atoms with Crippen molar-refractivity contribution in [1.29, 1.82) is 0 Å². The summed E-state index contributed by atoms with van der Waals surface area (Å²) in [7, 11) is 1.24. The van der Waals surface area contributed by atoms with Gasteiger partial charge in [-0.05, 0) is 12.8 Å². The maximum Gasteiger partial charge on any atom is 0.360 e. The van der Waals surface area contributed by atoms with E-state index in [4.69, 9.17) is 4.42 Å². The lowest BCUT2D eigenvalue weighted by atomic mass is 10.4. The molecule has 3 rings (SSSR count). The molecule has 0 bridgehead atoms. The summed E-state index contributed by atoms with van der Waals surface area (Å²) in [5.41, 5.74) is 0.0270. The molecule has 1 saturated carbocycles. The van der Waals surface area contributed by atoms with Crippen LogP contribution in [0.3, 0.4) is 0 Å². The zero-order valence-corrected chi connectivity index (χ0v) is 11.1. The van der Waals surface area contributed by atoms with Crippen LogP contribution >= 0.6 is 0 Å². The molecule has 1 aliphatic carbocycles. The topological polar surface area (TPSA) is 125 Å². The van der Waals surface area contributed by atoms with Crippen LogP contribution < -0.4 is 5.32 Å². The monoisotopic (exact) mass is 292 g/mol. The van der Waals surface area contributed by atoms with Gasteiger partial charge in [-0.25, -0.2) is 9.48 Å². The van der Waals surface area contributed by atoms with E-state index in [0.717, 1.165) is 12.8 Å². The molecule has 0 saturated heterocycles. The van der Waals surface area contributed by atoms with Gasteiger partial charge in [-0.1, -0.05) is 10.3 Å². The third-order valence-corrected chi connectivity index (χ3v) is 2.85. The van der Waals surface area contributed by atoms with Crippen LogP contribution in [-0.4, -0.2) is 44.2 Å². The van der Waals surface area contributed by atoms with Gasteiger partial charge < -0.3 is 9.15 Å². The predicted molar refractivity (Wildman–Crippen MR) is 66.3 cm³/mol. The van der Waals surface area contributed by atoms with Gasteiger partial charge in [0.1, 0.15) is 6.54 Å². The number of carbonyl (C=O) groups excluding carboxylic acids is 2. The number of hydrogen-bond donors (Lipinski definition) is 1. The fourth-order valence-electron chi connectivity index (χ4n) is 1.66. The first-order chi connectivity index (χ1) is 10.2. The van der Waals surface area contributed by atoms with E-state index in [1.165, 1.54) is 18.0 Å². The first-order valence-corrected chi connectivity index (χ1v) is 6.27. The van der Waals surface area contributed by atoms with Gasteiger partial charge >= 0.3 is 12.0 Å². The number of ether oxygens (including phenoxy) is 1. The van der Waals surface area contributed by atoms with Crippen molar-refractivity contribution < 1.29 is 18.7 Å². The number of methoxy groups -OCH3 is 1. The molecule has 1 fully saturated rings. The van der Waals surface area contributed by atoms with Gasteiger partial charge in [0.2, 0.25) is 11.8 Å². The Bertz CT molecular complexity index is 674. The Morgan fingerprint density at radius 2 is 2.24 bits per heavy atom. The van der Waals surface area contributed by atoms with Crippen molar-refractivity contribution in [3.63, 3.8) is 0 Å². The molecule has 10 heteroatoms. The van der Waals surface area contributed by atoms with Crippen molar-refractivity contribution in [2.24, 2.45) is 0 Å². The molecule has 2 heterocycles. The highest BCUT2D eigenvalue weighted by atomic mass is 16.5. The van der Waals surface area contributed by atoms with Crippen molar-refractivity contribution >= 4 is 17.9 Å². The fraction of sp³-hybridized carbons (Fsp3) is 0.455. The maximum atomic E-state index is 11.8. The molecule has 0 aromatic carbocycles. The van der Waals surface area contributed by atoms with Gasteiger partial charge in [-0.15, -0.1) is 10.2 Å². The number of aromatic nitrogens is 5. The van der Waals surface area contributed by atoms with Crippen molar-refractivity contribution in [3.8, 4) is 0 Å². The van der Waals surface area contributed by atoms with Crippen LogP contribution in [0.25, 0.3) is 0 Å². The number of esters is 1. The third kappa shape index (κ3) is 3.04. The highest BCUT2D eigenvalue weighted by Gasteiger charge is 2.29. The standard InChI is InChI=1S/C11H12N6O4/c1-20-10(19)7-4-17(16-13-7)5-8(18)12-11-15-14-9(21-11)6-2-3-6/h4,6H,2-3,5H2,1H3,(H,12,15,18). The molecule has 1 N–H and O–H groups in total. The average molecular weight is 292 g/mol. The number of anilines is 1. The van der Waals surface area contributed by atoms with Gasteiger partial charge in [0.15, 0.2) is 5.69 Å². The summed E-state index contributed by atoms with van der Waals surface area (Å²) < 4.78 is 11.0. The number of carbonyl (C=O) groups is 2. The summed E-state index contributed by atoms with van der Waals surface area (Å²) in [6, 6.07) is 0.0511. The normalized spacial score (nSPS) is 14.0. The molecule has 21 heavy (non-hydrogen) atoms. The second-order valence-corrected chi connectivity index (χ2v) is 4.56. The van der Waals surface area contributed by atoms with Crippen LogP contribution in [0.1, 0.15) is 35.1 Å². The smallest absolute Gasteiger partial charge is 0.360 e. The Hall–Kier alpha value is -2.78. The lowest BCUT2D eigenvalue weighted by molar-refractivity contribution is -0.117. The largest absolute Gasteiger partial charge is 0.464 e. The Kier molecular flexibility index (Phi) is 3.34. The van der Waals surface area contributed by atoms with Gasteiger partial charge in [0.05, 0.1) is 13.3 Å². The van der Waals surface area contributed by atoms with Crippen LogP contribution in [0.15, 0.2) is 10.6 Å². The molecule has 0 unspecified atom stereocenters. The lowest BCUT2D eigenvalue weighted by Gasteiger charge is -1.99. The number of hydrogen-bond acceptors (Lipinski definition) is 8. The zero-order valence-electron chi connectivity index (χ0n) is 11.1. The van der Waals surface area contributed by atoms with E-state index in [1.807, 2.05) is 0 Å². The summed E-state index contributed by atoms with van der Waals surface area (Å²) in [6.07, 6.45) is 3.38. The third-order valence-electron chi connectivity index (χ3n) is 2.85. The minimum atomic E-state index is -0.618. The van der Waals surface area contributed by atoms with E-state index in [2.05, 4.69) is 30.6 Å². The van der Waals surface area contributed by atoms with Gasteiger partial charge in [0, 0.05) is 5.92 Å². The lowest BCUT2D eigenvalue weighted by Crippen LogP contribution is -2.19. The van der Waals surface area contributed by atoms with Crippen LogP contribution in [0.5, 0.6) is 0 Å². The molecule has 2 aromatic heterocycles. The predicted octanol–water partition coefficient (Wildman–Crippen LogP) is -0.0362. The summed E-state index contributed by atoms with van der Waals surface area (Å²) in [5.74, 6) is -0.171. The zero-order chi connectivity index (χ0) is 14.8. The van der Waals surface area contributed by atoms with Gasteiger partial charge in [-0.3, -0.25) is 10.1 Å². The molecule has 110 valence electrons. The van der Waals surface area contributed by atoms with Crippen LogP contribution in [-0.2, 0) is 16.1 Å². The Labute approximate surface area is 118 Å². The number of nitrogens with one attached hydrogen (secondary N) is 1. The van der Waals surface area contributed by atoms with Crippen LogP contribution in [0, 0.1) is 0 Å². The van der Waals surface area contributed by atoms with Crippen molar-refractivity contribution in [3.05, 3.63) is 17.8 Å². The quantitative estimate of drug-likeness (QED) is 0.761. The molecule has 1 amide bonds. The molecular formula is C11H12N6O4. The number of amides is 1. The van der Waals surface area contributed by atoms with Crippen molar-refractivity contribution in [1.82, 2.24) is 25.2 Å². The minimum Gasteiger partial charge on any atom is -0.464 e. The summed E-state index contributed by atoms with van der Waals surface area (Å²) >= 11 is 0. The van der Waals surface area contributed by atoms with Crippen LogP contribution in [0.4, 0.5) is 6.01 Å². The molecular weight excluding hydrogens is 280 g/mol. The summed E-state index contributed by atoms with van der Waals surface area (Å²) in [4.78, 5) is 23.0. The Morgan fingerprint density at radius 1 is 1.43 bits per heavy atom. The number of rotatable bonds is 5. The van der Waals surface area contributed by atoms with Gasteiger partial charge in [0.25, 0.3) is 0 Å². The second-order valence-electron chi connectivity index (χ2n) is 4.56. The molecule has 10 nitrogen and oxygen atoms in total. The maximum absolute atomic E-state index is 11.8. The Balaban J connectivity index is 1.57. The first-order valence-electron chi connectivity index (χ1n) is 6.27. The first kappa shape index (κ1) is 13.2. The van der Waals surface area contributed by atoms with Crippen LogP contribution in [0.2, 0.25) is 0 Å². The van der Waals surface area contributed by atoms with E-state index in [0.29, 0.717) is 11.8 Å². The molecule has 2 aromatic rings. The van der Waals surface area contributed by atoms with E-state index in [9.17, 15) is 9.59 Å². The summed E-state index contributed by atoms with van der Waals surface area (Å²) in [6.45, 7) is -0.134. The van der Waals surface area contributed by atoms with E-state index < -0.39 is 11.9 Å². The summed E-state index contributed by atoms with van der Waals surface area (Å²) in [5, 5.41) is 17.3. The van der Waals surface area contributed by atoms with Crippen molar-refractivity contribution in [2.45, 2.75) is 25.3 Å². The molecule has 0 spiro atoms. The Morgan fingerprint density at radius 3 is 2.95 bits per heavy atom. The van der Waals surface area contributed by atoms with E-state index in [-0.39, 0.29) is 18.3 Å². The molecule has 0 radical (unpaired) electrons. The fourth-order valence-corrected chi connectivity index (χ4v) is 1.66. The van der Waals surface area contributed by atoms with Crippen molar-refractivity contribution in [2.75, 3.05) is 12.4 Å². The van der Waals surface area contributed by atoms with E-state index >= 15 is 0 Å². The minimum absolute atomic E-state index is 0.0270. The average Bonchev–Trinajstić information content (AvgIpc) is 3.05. The molecule has 0 atom stereocenters. The SMILES string of the molecule is COC(=O)c1cn(CC(=O)Nc2nnc(C3CC3)o2)nn1. The second kappa shape index (κ2) is 5.31. The molecule has 0 aliphatic heterocycles. The highest BCUT2D eigenvalue weighted by molar-refractivity contribution is 5.89. The highest BCUT2D eigenvalue weighted by Crippen LogP contribution is 2.39. The van der Waals surface area contributed by atoms with E-state index in [1.54, 1.807) is 0 Å². The molecule has 1 aliphatic rings. The van der Waals surface area contributed by atoms with Gasteiger partial charge in [-0.2, -0.15) is 0 Å².